The molecule has 1 rings (SSSR count). The first-order valence-electron chi connectivity index (χ1n) is 4.83. The summed E-state index contributed by atoms with van der Waals surface area (Å²) in [5.74, 6) is -0.650. The van der Waals surface area contributed by atoms with Gasteiger partial charge in [0.25, 0.3) is 0 Å². The SMILES string of the molecule is C=CCOC(=O)/C(C#N)=C\c1ccccc1Br. The highest BCUT2D eigenvalue weighted by atomic mass is 79.9. The van der Waals surface area contributed by atoms with E-state index >= 15 is 0 Å². The molecule has 0 aromatic heterocycles. The maximum atomic E-state index is 11.5. The predicted octanol–water partition coefficient (Wildman–Crippen LogP) is 3.09. The normalized spacial score (nSPS) is 10.5. The average molecular weight is 292 g/mol. The third-order valence-corrected chi connectivity index (χ3v) is 2.60. The molecule has 0 unspecified atom stereocenters. The number of hydrogen-bond acceptors (Lipinski definition) is 3. The van der Waals surface area contributed by atoms with Crippen LogP contribution in [0.25, 0.3) is 6.08 Å². The Bertz CT molecular complexity index is 500. The summed E-state index contributed by atoms with van der Waals surface area (Å²) in [6.45, 7) is 3.52. The predicted molar refractivity (Wildman–Crippen MR) is 68.9 cm³/mol. The molecule has 1 aromatic rings. The van der Waals surface area contributed by atoms with Gasteiger partial charge in [-0.1, -0.05) is 46.8 Å². The van der Waals surface area contributed by atoms with Crippen LogP contribution in [0.1, 0.15) is 5.56 Å². The summed E-state index contributed by atoms with van der Waals surface area (Å²) in [6.07, 6.45) is 2.93. The summed E-state index contributed by atoms with van der Waals surface area (Å²) in [5.41, 5.74) is 0.707. The van der Waals surface area contributed by atoms with Crippen LogP contribution in [-0.4, -0.2) is 12.6 Å². The zero-order chi connectivity index (χ0) is 12.7. The van der Waals surface area contributed by atoms with Gasteiger partial charge in [-0.05, 0) is 17.7 Å². The molecule has 4 heteroatoms. The molecule has 0 aliphatic heterocycles. The van der Waals surface area contributed by atoms with E-state index in [9.17, 15) is 4.79 Å². The van der Waals surface area contributed by atoms with Crippen molar-refractivity contribution in [2.45, 2.75) is 0 Å². The molecule has 0 saturated carbocycles. The van der Waals surface area contributed by atoms with E-state index in [4.69, 9.17) is 10.00 Å². The van der Waals surface area contributed by atoms with Gasteiger partial charge < -0.3 is 4.74 Å². The van der Waals surface area contributed by atoms with Gasteiger partial charge in [-0.2, -0.15) is 5.26 Å². The van der Waals surface area contributed by atoms with Gasteiger partial charge in [0.15, 0.2) is 0 Å². The Morgan fingerprint density at radius 1 is 1.53 bits per heavy atom. The second kappa shape index (κ2) is 6.66. The first-order chi connectivity index (χ1) is 8.19. The molecule has 17 heavy (non-hydrogen) atoms. The highest BCUT2D eigenvalue weighted by Gasteiger charge is 2.10. The van der Waals surface area contributed by atoms with Gasteiger partial charge in [-0.15, -0.1) is 0 Å². The molecule has 3 nitrogen and oxygen atoms in total. The molecule has 0 aliphatic carbocycles. The standard InChI is InChI=1S/C13H10BrNO2/c1-2-7-17-13(16)11(9-15)8-10-5-3-4-6-12(10)14/h2-6,8H,1,7H2/b11-8-. The van der Waals surface area contributed by atoms with Crippen LogP contribution >= 0.6 is 15.9 Å². The van der Waals surface area contributed by atoms with Crippen LogP contribution < -0.4 is 0 Å². The summed E-state index contributed by atoms with van der Waals surface area (Å²) in [7, 11) is 0. The third-order valence-electron chi connectivity index (χ3n) is 1.88. The van der Waals surface area contributed by atoms with E-state index < -0.39 is 5.97 Å². The highest BCUT2D eigenvalue weighted by Crippen LogP contribution is 2.19. The first kappa shape index (κ1) is 13.2. The average Bonchev–Trinajstić information content (AvgIpc) is 2.35. The third kappa shape index (κ3) is 3.89. The number of halogens is 1. The summed E-state index contributed by atoms with van der Waals surface area (Å²) in [4.78, 5) is 11.5. The van der Waals surface area contributed by atoms with Gasteiger partial charge in [0, 0.05) is 4.47 Å². The minimum Gasteiger partial charge on any atom is -0.457 e. The number of nitrogens with zero attached hydrogens (tertiary/aromatic N) is 1. The van der Waals surface area contributed by atoms with E-state index in [0.717, 1.165) is 10.0 Å². The molecule has 0 heterocycles. The van der Waals surface area contributed by atoms with Gasteiger partial charge in [0.05, 0.1) is 0 Å². The molecule has 0 N–H and O–H groups in total. The molecule has 1 aromatic carbocycles. The number of rotatable bonds is 4. The van der Waals surface area contributed by atoms with Crippen molar-refractivity contribution < 1.29 is 9.53 Å². The monoisotopic (exact) mass is 291 g/mol. The Labute approximate surface area is 108 Å². The van der Waals surface area contributed by atoms with E-state index in [1.54, 1.807) is 6.07 Å². The Kier molecular flexibility index (Phi) is 5.18. The second-order valence-corrected chi connectivity index (χ2v) is 3.93. The van der Waals surface area contributed by atoms with Gasteiger partial charge in [-0.3, -0.25) is 0 Å². The molecule has 0 radical (unpaired) electrons. The zero-order valence-electron chi connectivity index (χ0n) is 9.02. The Hall–Kier alpha value is -1.86. The van der Waals surface area contributed by atoms with Crippen LogP contribution in [0.4, 0.5) is 0 Å². The number of carbonyl (C=O) groups excluding carboxylic acids is 1. The molecule has 86 valence electrons. The van der Waals surface area contributed by atoms with Crippen LogP contribution in [0.5, 0.6) is 0 Å². The van der Waals surface area contributed by atoms with Crippen molar-refractivity contribution in [3.8, 4) is 6.07 Å². The van der Waals surface area contributed by atoms with Gasteiger partial charge in [0.1, 0.15) is 18.2 Å². The summed E-state index contributed by atoms with van der Waals surface area (Å²) >= 11 is 3.33. The van der Waals surface area contributed by atoms with Gasteiger partial charge in [-0.25, -0.2) is 4.79 Å². The van der Waals surface area contributed by atoms with Crippen LogP contribution in [0.15, 0.2) is 47.0 Å². The lowest BCUT2D eigenvalue weighted by Gasteiger charge is -2.01. The molecule has 0 saturated heterocycles. The molecule has 0 bridgehead atoms. The fourth-order valence-corrected chi connectivity index (χ4v) is 1.50. The summed E-state index contributed by atoms with van der Waals surface area (Å²) in [5, 5.41) is 8.89. The fraction of sp³-hybridized carbons (Fsp3) is 0.0769. The van der Waals surface area contributed by atoms with Crippen molar-refractivity contribution in [3.05, 3.63) is 52.5 Å². The van der Waals surface area contributed by atoms with Crippen molar-refractivity contribution in [3.63, 3.8) is 0 Å². The van der Waals surface area contributed by atoms with E-state index in [0.29, 0.717) is 0 Å². The highest BCUT2D eigenvalue weighted by molar-refractivity contribution is 9.10. The number of benzene rings is 1. The van der Waals surface area contributed by atoms with Crippen LogP contribution in [-0.2, 0) is 9.53 Å². The molecule has 0 spiro atoms. The fourth-order valence-electron chi connectivity index (χ4n) is 1.10. The summed E-state index contributed by atoms with van der Waals surface area (Å²) < 4.78 is 5.60. The Morgan fingerprint density at radius 3 is 2.82 bits per heavy atom. The minimum absolute atomic E-state index is 0.0428. The van der Waals surface area contributed by atoms with Crippen LogP contribution in [0.2, 0.25) is 0 Å². The molecule has 0 atom stereocenters. The van der Waals surface area contributed by atoms with Gasteiger partial charge >= 0.3 is 5.97 Å². The van der Waals surface area contributed by atoms with Crippen molar-refractivity contribution in [2.24, 2.45) is 0 Å². The lowest BCUT2D eigenvalue weighted by atomic mass is 10.1. The van der Waals surface area contributed by atoms with Crippen molar-refractivity contribution in [2.75, 3.05) is 6.61 Å². The number of carbonyl (C=O) groups is 1. The van der Waals surface area contributed by atoms with E-state index in [1.807, 2.05) is 24.3 Å². The van der Waals surface area contributed by atoms with E-state index in [2.05, 4.69) is 22.5 Å². The minimum atomic E-state index is -0.650. The van der Waals surface area contributed by atoms with Gasteiger partial charge in [0.2, 0.25) is 0 Å². The summed E-state index contributed by atoms with van der Waals surface area (Å²) in [6, 6.07) is 9.11. The van der Waals surface area contributed by atoms with Crippen LogP contribution in [0, 0.1) is 11.3 Å². The number of hydrogen-bond donors (Lipinski definition) is 0. The topological polar surface area (TPSA) is 50.1 Å². The molecule has 0 fully saturated rings. The maximum absolute atomic E-state index is 11.5. The molecule has 0 aliphatic rings. The van der Waals surface area contributed by atoms with Crippen molar-refractivity contribution in [1.82, 2.24) is 0 Å². The zero-order valence-corrected chi connectivity index (χ0v) is 10.6. The largest absolute Gasteiger partial charge is 0.457 e. The quantitative estimate of drug-likeness (QED) is 0.371. The smallest absolute Gasteiger partial charge is 0.349 e. The van der Waals surface area contributed by atoms with Crippen molar-refractivity contribution >= 4 is 28.0 Å². The lowest BCUT2D eigenvalue weighted by molar-refractivity contribution is -0.137. The molecular formula is C13H10BrNO2. The molecule has 0 amide bonds. The number of esters is 1. The maximum Gasteiger partial charge on any atom is 0.349 e. The Morgan fingerprint density at radius 2 is 2.24 bits per heavy atom. The van der Waals surface area contributed by atoms with E-state index in [-0.39, 0.29) is 12.2 Å². The first-order valence-corrected chi connectivity index (χ1v) is 5.62. The van der Waals surface area contributed by atoms with E-state index in [1.165, 1.54) is 12.2 Å². The Balaban J connectivity index is 2.95. The lowest BCUT2D eigenvalue weighted by Crippen LogP contribution is -2.06. The molecular weight excluding hydrogens is 282 g/mol. The van der Waals surface area contributed by atoms with Crippen molar-refractivity contribution in [1.29, 1.82) is 5.26 Å². The second-order valence-electron chi connectivity index (χ2n) is 3.08. The van der Waals surface area contributed by atoms with Crippen LogP contribution in [0.3, 0.4) is 0 Å². The number of ether oxygens (including phenoxy) is 1. The number of nitriles is 1.